The van der Waals surface area contributed by atoms with Crippen molar-refractivity contribution in [2.24, 2.45) is 0 Å². The van der Waals surface area contributed by atoms with Gasteiger partial charge in [-0.2, -0.15) is 5.10 Å². The van der Waals surface area contributed by atoms with Crippen LogP contribution in [0.3, 0.4) is 0 Å². The minimum absolute atomic E-state index is 0. The van der Waals surface area contributed by atoms with Gasteiger partial charge in [-0.3, -0.25) is 9.48 Å². The van der Waals surface area contributed by atoms with Gasteiger partial charge in [-0.1, -0.05) is 6.42 Å². The third-order valence-electron chi connectivity index (χ3n) is 5.84. The predicted octanol–water partition coefficient (Wildman–Crippen LogP) is 2.14. The Kier molecular flexibility index (Phi) is 9.38. The van der Waals surface area contributed by atoms with Gasteiger partial charge >= 0.3 is 0 Å². The molecule has 26 heavy (non-hydrogen) atoms. The highest BCUT2D eigenvalue weighted by Crippen LogP contribution is 2.29. The van der Waals surface area contributed by atoms with Crippen molar-refractivity contribution in [1.82, 2.24) is 24.9 Å². The Morgan fingerprint density at radius 3 is 2.65 bits per heavy atom. The predicted molar refractivity (Wildman–Crippen MR) is 109 cm³/mol. The second kappa shape index (κ2) is 10.5. The molecule has 0 aliphatic carbocycles. The van der Waals surface area contributed by atoms with Crippen molar-refractivity contribution in [2.45, 2.75) is 50.1 Å². The topological polar surface area (TPSA) is 53.4 Å². The van der Waals surface area contributed by atoms with Crippen molar-refractivity contribution in [3.05, 3.63) is 18.5 Å². The highest BCUT2D eigenvalue weighted by atomic mass is 35.5. The van der Waals surface area contributed by atoms with E-state index >= 15 is 0 Å². The van der Waals surface area contributed by atoms with Crippen LogP contribution in [0.5, 0.6) is 0 Å². The van der Waals surface area contributed by atoms with Crippen molar-refractivity contribution in [3.8, 4) is 0 Å². The number of likely N-dealkylation sites (N-methyl/N-ethyl adjacent to an activating group) is 1. The zero-order chi connectivity index (χ0) is 17.0. The number of hydrogen-bond donors (Lipinski definition) is 1. The lowest BCUT2D eigenvalue weighted by molar-refractivity contribution is -0.142. The zero-order valence-corrected chi connectivity index (χ0v) is 17.5. The first-order chi connectivity index (χ1) is 11.6. The van der Waals surface area contributed by atoms with Gasteiger partial charge in [0.1, 0.15) is 5.54 Å². The molecular formula is C18H33Cl2N5O. The molecule has 1 atom stereocenters. The van der Waals surface area contributed by atoms with E-state index in [1.54, 1.807) is 6.20 Å². The Labute approximate surface area is 169 Å². The molecule has 0 spiro atoms. The number of halogens is 2. The number of piperidine rings is 2. The van der Waals surface area contributed by atoms with Gasteiger partial charge in [-0.15, -0.1) is 24.8 Å². The van der Waals surface area contributed by atoms with E-state index in [1.807, 2.05) is 28.9 Å². The third-order valence-corrected chi connectivity index (χ3v) is 5.84. The highest BCUT2D eigenvalue weighted by molar-refractivity contribution is 5.85. The third kappa shape index (κ3) is 4.91. The van der Waals surface area contributed by atoms with Crippen LogP contribution in [-0.4, -0.2) is 71.8 Å². The van der Waals surface area contributed by atoms with E-state index in [4.69, 9.17) is 0 Å². The number of likely N-dealkylation sites (tertiary alicyclic amines) is 1. The quantitative estimate of drug-likeness (QED) is 0.814. The first-order valence-electron chi connectivity index (χ1n) is 9.30. The van der Waals surface area contributed by atoms with Crippen molar-refractivity contribution in [2.75, 3.05) is 40.3 Å². The van der Waals surface area contributed by atoms with E-state index in [1.165, 1.54) is 25.8 Å². The maximum absolute atomic E-state index is 13.3. The first-order valence-corrected chi connectivity index (χ1v) is 9.30. The number of rotatable bonds is 5. The molecule has 1 N–H and O–H groups in total. The van der Waals surface area contributed by atoms with E-state index in [9.17, 15) is 4.79 Å². The smallest absolute Gasteiger partial charge is 0.250 e. The van der Waals surface area contributed by atoms with Crippen LogP contribution >= 0.6 is 24.8 Å². The van der Waals surface area contributed by atoms with Crippen LogP contribution in [0, 0.1) is 0 Å². The van der Waals surface area contributed by atoms with Crippen molar-refractivity contribution >= 4 is 30.7 Å². The molecule has 3 rings (SSSR count). The van der Waals surface area contributed by atoms with Gasteiger partial charge in [0.2, 0.25) is 5.91 Å². The van der Waals surface area contributed by atoms with E-state index in [0.717, 1.165) is 38.9 Å². The number of carbonyl (C=O) groups is 1. The van der Waals surface area contributed by atoms with Gasteiger partial charge in [0.05, 0.1) is 0 Å². The summed E-state index contributed by atoms with van der Waals surface area (Å²) in [6.45, 7) is 3.74. The number of hydrogen-bond acceptors (Lipinski definition) is 4. The van der Waals surface area contributed by atoms with Crippen LogP contribution in [0.4, 0.5) is 0 Å². The Morgan fingerprint density at radius 1 is 1.31 bits per heavy atom. The van der Waals surface area contributed by atoms with Gasteiger partial charge in [-0.25, -0.2) is 0 Å². The lowest BCUT2D eigenvalue weighted by atomic mass is 9.86. The molecular weight excluding hydrogens is 373 g/mol. The maximum Gasteiger partial charge on any atom is 0.250 e. The summed E-state index contributed by atoms with van der Waals surface area (Å²) in [6, 6.07) is 2.52. The van der Waals surface area contributed by atoms with E-state index < -0.39 is 5.54 Å². The lowest BCUT2D eigenvalue weighted by Crippen LogP contribution is -2.55. The molecule has 2 fully saturated rings. The summed E-state index contributed by atoms with van der Waals surface area (Å²) in [5, 5.41) is 7.78. The Morgan fingerprint density at radius 2 is 2.04 bits per heavy atom. The largest absolute Gasteiger partial charge is 0.344 e. The average molecular weight is 406 g/mol. The molecule has 0 saturated carbocycles. The molecule has 2 saturated heterocycles. The second-order valence-corrected chi connectivity index (χ2v) is 7.38. The van der Waals surface area contributed by atoms with Crippen LogP contribution in [0.25, 0.3) is 0 Å². The lowest BCUT2D eigenvalue weighted by Gasteiger charge is -2.40. The van der Waals surface area contributed by atoms with Gasteiger partial charge in [0.15, 0.2) is 0 Å². The summed E-state index contributed by atoms with van der Waals surface area (Å²) in [7, 11) is 4.17. The number of aromatic nitrogens is 2. The van der Waals surface area contributed by atoms with E-state index in [-0.39, 0.29) is 30.7 Å². The monoisotopic (exact) mass is 405 g/mol. The Bertz CT molecular complexity index is 534. The minimum atomic E-state index is -0.512. The zero-order valence-electron chi connectivity index (χ0n) is 15.9. The van der Waals surface area contributed by atoms with Crippen molar-refractivity contribution in [3.63, 3.8) is 0 Å². The number of nitrogens with one attached hydrogen (secondary N) is 1. The molecule has 0 radical (unpaired) electrons. The summed E-state index contributed by atoms with van der Waals surface area (Å²) in [5.74, 6) is 0.214. The summed E-state index contributed by atoms with van der Waals surface area (Å²) in [4.78, 5) is 17.7. The van der Waals surface area contributed by atoms with Crippen molar-refractivity contribution in [1.29, 1.82) is 0 Å². The Hall–Kier alpha value is -0.820. The van der Waals surface area contributed by atoms with E-state index in [0.29, 0.717) is 6.04 Å². The minimum Gasteiger partial charge on any atom is -0.344 e. The van der Waals surface area contributed by atoms with Crippen molar-refractivity contribution < 1.29 is 4.79 Å². The molecule has 0 bridgehead atoms. The average Bonchev–Trinajstić information content (AvgIpc) is 3.16. The molecule has 3 heterocycles. The molecule has 2 aliphatic rings. The molecule has 0 aromatic carbocycles. The summed E-state index contributed by atoms with van der Waals surface area (Å²) in [5.41, 5.74) is -0.512. The number of amides is 1. The molecule has 8 heteroatoms. The fourth-order valence-corrected chi connectivity index (χ4v) is 4.21. The fourth-order valence-electron chi connectivity index (χ4n) is 4.21. The summed E-state index contributed by atoms with van der Waals surface area (Å²) < 4.78 is 1.89. The fraction of sp³-hybridized carbons (Fsp3) is 0.778. The van der Waals surface area contributed by atoms with Gasteiger partial charge < -0.3 is 15.1 Å². The van der Waals surface area contributed by atoms with Gasteiger partial charge in [0, 0.05) is 32.0 Å². The summed E-state index contributed by atoms with van der Waals surface area (Å²) >= 11 is 0. The standard InChI is InChI=1S/C18H31N5O.2ClH/c1-21-13-4-3-6-16(21)7-15-22(2)17(24)18(8-11-19-12-9-18)23-14-5-10-20-23;;/h5,10,14,16,19H,3-4,6-9,11-13,15H2,1-2H3;2*1H. The molecule has 2 aliphatic heterocycles. The number of nitrogens with zero attached hydrogens (tertiary/aromatic N) is 4. The molecule has 1 unspecified atom stereocenters. The van der Waals surface area contributed by atoms with Crippen LogP contribution in [-0.2, 0) is 10.3 Å². The summed E-state index contributed by atoms with van der Waals surface area (Å²) in [6.07, 6.45) is 10.3. The van der Waals surface area contributed by atoms with E-state index in [2.05, 4.69) is 22.4 Å². The van der Waals surface area contributed by atoms with Gasteiger partial charge in [0.25, 0.3) is 0 Å². The molecule has 1 aromatic heterocycles. The normalized spacial score (nSPS) is 22.8. The Balaban J connectivity index is 0.00000169. The highest BCUT2D eigenvalue weighted by Gasteiger charge is 2.43. The molecule has 6 nitrogen and oxygen atoms in total. The van der Waals surface area contributed by atoms with Gasteiger partial charge in [-0.05, 0) is 64.9 Å². The molecule has 150 valence electrons. The SMILES string of the molecule is CN(CCC1CCCCN1C)C(=O)C1(n2cccn2)CCNCC1.Cl.Cl. The van der Waals surface area contributed by atoms with Crippen LogP contribution in [0.1, 0.15) is 38.5 Å². The first kappa shape index (κ1) is 23.2. The molecule has 1 aromatic rings. The second-order valence-electron chi connectivity index (χ2n) is 7.38. The maximum atomic E-state index is 13.3. The number of carbonyl (C=O) groups excluding carboxylic acids is 1. The molecule has 1 amide bonds. The van der Waals surface area contributed by atoms with Crippen LogP contribution in [0.15, 0.2) is 18.5 Å². The van der Waals surface area contributed by atoms with Crippen LogP contribution in [0.2, 0.25) is 0 Å². The van der Waals surface area contributed by atoms with Crippen LogP contribution < -0.4 is 5.32 Å².